The van der Waals surface area contributed by atoms with Crippen LogP contribution in [0.3, 0.4) is 0 Å². The number of aryl methyl sites for hydroxylation is 1. The van der Waals surface area contributed by atoms with Crippen LogP contribution in [0.4, 0.5) is 4.79 Å². The number of carboxylic acid groups (broad SMARTS) is 1. The summed E-state index contributed by atoms with van der Waals surface area (Å²) in [6.45, 7) is 2.12. The first-order chi connectivity index (χ1) is 8.08. The molecule has 1 heterocycles. The average Bonchev–Trinajstić information content (AvgIpc) is 2.28. The van der Waals surface area contributed by atoms with Crippen LogP contribution in [-0.4, -0.2) is 16.2 Å². The Morgan fingerprint density at radius 3 is 3.00 bits per heavy atom. The predicted molar refractivity (Wildman–Crippen MR) is 66.4 cm³/mol. The lowest BCUT2D eigenvalue weighted by molar-refractivity contribution is 0.194. The predicted octanol–water partition coefficient (Wildman–Crippen LogP) is 2.96. The van der Waals surface area contributed by atoms with Crippen molar-refractivity contribution in [3.05, 3.63) is 40.5 Å². The third-order valence-electron chi connectivity index (χ3n) is 2.50. The number of hydrogen-bond acceptors (Lipinski definition) is 2. The summed E-state index contributed by atoms with van der Waals surface area (Å²) < 4.78 is 0. The molecule has 88 valence electrons. The van der Waals surface area contributed by atoms with Gasteiger partial charge in [-0.3, -0.25) is 0 Å². The number of halogens is 1. The van der Waals surface area contributed by atoms with E-state index < -0.39 is 6.09 Å². The van der Waals surface area contributed by atoms with Crippen LogP contribution < -0.4 is 5.32 Å². The van der Waals surface area contributed by atoms with Gasteiger partial charge in [-0.05, 0) is 18.6 Å². The van der Waals surface area contributed by atoms with Gasteiger partial charge in [-0.2, -0.15) is 0 Å². The number of benzene rings is 1. The summed E-state index contributed by atoms with van der Waals surface area (Å²) in [6, 6.07) is 7.67. The molecule has 0 bridgehead atoms. The van der Waals surface area contributed by atoms with E-state index in [9.17, 15) is 4.79 Å². The van der Waals surface area contributed by atoms with Crippen LogP contribution >= 0.6 is 11.6 Å². The summed E-state index contributed by atoms with van der Waals surface area (Å²) >= 11 is 6.01. The highest BCUT2D eigenvalue weighted by Gasteiger charge is 2.07. The summed E-state index contributed by atoms with van der Waals surface area (Å²) in [6.07, 6.45) is -1.08. The molecule has 2 rings (SSSR count). The van der Waals surface area contributed by atoms with Crippen molar-refractivity contribution in [1.82, 2.24) is 10.3 Å². The topological polar surface area (TPSA) is 62.2 Å². The van der Waals surface area contributed by atoms with E-state index in [1.165, 1.54) is 0 Å². The standard InChI is InChI=1S/C12H11ClN2O2/c1-7-3-2-4-8-5-9(6-14-12(16)17)11(13)15-10(7)8/h2-5,14H,6H2,1H3,(H,16,17). The van der Waals surface area contributed by atoms with Crippen molar-refractivity contribution >= 4 is 28.6 Å². The largest absolute Gasteiger partial charge is 0.465 e. The third-order valence-corrected chi connectivity index (χ3v) is 2.83. The van der Waals surface area contributed by atoms with Gasteiger partial charge >= 0.3 is 6.09 Å². The van der Waals surface area contributed by atoms with Gasteiger partial charge in [0.05, 0.1) is 5.52 Å². The molecule has 0 fully saturated rings. The van der Waals surface area contributed by atoms with Gasteiger partial charge in [-0.25, -0.2) is 9.78 Å². The van der Waals surface area contributed by atoms with Crippen molar-refractivity contribution in [2.24, 2.45) is 0 Å². The highest BCUT2D eigenvalue weighted by molar-refractivity contribution is 6.30. The number of hydrogen-bond donors (Lipinski definition) is 2. The lowest BCUT2D eigenvalue weighted by Crippen LogP contribution is -2.20. The van der Waals surface area contributed by atoms with Crippen LogP contribution in [0, 0.1) is 6.92 Å². The molecular formula is C12H11ClN2O2. The number of nitrogens with one attached hydrogen (secondary N) is 1. The molecule has 0 spiro atoms. The van der Waals surface area contributed by atoms with Crippen molar-refractivity contribution in [3.63, 3.8) is 0 Å². The Bertz CT molecular complexity index is 584. The van der Waals surface area contributed by atoms with E-state index in [0.29, 0.717) is 10.7 Å². The SMILES string of the molecule is Cc1cccc2cc(CNC(=O)O)c(Cl)nc12. The first-order valence-corrected chi connectivity index (χ1v) is 5.47. The number of carbonyl (C=O) groups is 1. The molecular weight excluding hydrogens is 240 g/mol. The fourth-order valence-electron chi connectivity index (χ4n) is 1.66. The molecule has 0 saturated heterocycles. The minimum Gasteiger partial charge on any atom is -0.465 e. The van der Waals surface area contributed by atoms with E-state index in [4.69, 9.17) is 16.7 Å². The number of rotatable bonds is 2. The highest BCUT2D eigenvalue weighted by Crippen LogP contribution is 2.22. The minimum atomic E-state index is -1.08. The highest BCUT2D eigenvalue weighted by atomic mass is 35.5. The van der Waals surface area contributed by atoms with Gasteiger partial charge in [0.15, 0.2) is 0 Å². The Balaban J connectivity index is 2.45. The molecule has 0 saturated carbocycles. The first-order valence-electron chi connectivity index (χ1n) is 5.09. The van der Waals surface area contributed by atoms with Gasteiger partial charge < -0.3 is 10.4 Å². The summed E-state index contributed by atoms with van der Waals surface area (Å²) in [5.74, 6) is 0. The van der Waals surface area contributed by atoms with Crippen LogP contribution in [-0.2, 0) is 6.54 Å². The zero-order chi connectivity index (χ0) is 12.4. The van der Waals surface area contributed by atoms with Crippen LogP contribution in [0.5, 0.6) is 0 Å². The smallest absolute Gasteiger partial charge is 0.404 e. The molecule has 0 radical (unpaired) electrons. The van der Waals surface area contributed by atoms with Crippen molar-refractivity contribution in [1.29, 1.82) is 0 Å². The molecule has 0 atom stereocenters. The molecule has 0 aliphatic heterocycles. The summed E-state index contributed by atoms with van der Waals surface area (Å²) in [5, 5.41) is 12.1. The summed E-state index contributed by atoms with van der Waals surface area (Å²) in [7, 11) is 0. The van der Waals surface area contributed by atoms with E-state index in [2.05, 4.69) is 10.3 Å². The van der Waals surface area contributed by atoms with Crippen LogP contribution in [0.1, 0.15) is 11.1 Å². The third kappa shape index (κ3) is 2.47. The van der Waals surface area contributed by atoms with E-state index in [1.54, 1.807) is 0 Å². The molecule has 4 nitrogen and oxygen atoms in total. The van der Waals surface area contributed by atoms with Gasteiger partial charge in [0.2, 0.25) is 0 Å². The zero-order valence-electron chi connectivity index (χ0n) is 9.20. The maximum absolute atomic E-state index is 10.4. The molecule has 1 aromatic heterocycles. The molecule has 0 aliphatic rings. The Labute approximate surface area is 103 Å². The quantitative estimate of drug-likeness (QED) is 0.806. The Kier molecular flexibility index (Phi) is 3.15. The van der Waals surface area contributed by atoms with E-state index >= 15 is 0 Å². The number of pyridine rings is 1. The van der Waals surface area contributed by atoms with Crippen LogP contribution in [0.15, 0.2) is 24.3 Å². The number of amides is 1. The van der Waals surface area contributed by atoms with Crippen LogP contribution in [0.2, 0.25) is 5.15 Å². The van der Waals surface area contributed by atoms with Crippen molar-refractivity contribution in [3.8, 4) is 0 Å². The maximum atomic E-state index is 10.4. The van der Waals surface area contributed by atoms with E-state index in [0.717, 1.165) is 16.5 Å². The lowest BCUT2D eigenvalue weighted by atomic mass is 10.1. The molecule has 2 N–H and O–H groups in total. The molecule has 2 aromatic rings. The minimum absolute atomic E-state index is 0.158. The van der Waals surface area contributed by atoms with Crippen molar-refractivity contribution < 1.29 is 9.90 Å². The molecule has 1 amide bonds. The average molecular weight is 251 g/mol. The zero-order valence-corrected chi connectivity index (χ0v) is 9.95. The van der Waals surface area contributed by atoms with Crippen LogP contribution in [0.25, 0.3) is 10.9 Å². The molecule has 1 aromatic carbocycles. The Morgan fingerprint density at radius 1 is 1.53 bits per heavy atom. The number of fused-ring (bicyclic) bond motifs is 1. The van der Waals surface area contributed by atoms with E-state index in [1.807, 2.05) is 31.2 Å². The molecule has 0 aliphatic carbocycles. The number of para-hydroxylation sites is 1. The first kappa shape index (κ1) is 11.7. The monoisotopic (exact) mass is 250 g/mol. The van der Waals surface area contributed by atoms with Gasteiger partial charge in [0.25, 0.3) is 0 Å². The molecule has 17 heavy (non-hydrogen) atoms. The maximum Gasteiger partial charge on any atom is 0.404 e. The van der Waals surface area contributed by atoms with E-state index in [-0.39, 0.29) is 6.54 Å². The number of aromatic nitrogens is 1. The fourth-order valence-corrected chi connectivity index (χ4v) is 1.87. The fraction of sp³-hybridized carbons (Fsp3) is 0.167. The van der Waals surface area contributed by atoms with Crippen molar-refractivity contribution in [2.45, 2.75) is 13.5 Å². The van der Waals surface area contributed by atoms with Gasteiger partial charge in [0, 0.05) is 17.5 Å². The van der Waals surface area contributed by atoms with Gasteiger partial charge in [-0.1, -0.05) is 29.8 Å². The molecule has 0 unspecified atom stereocenters. The summed E-state index contributed by atoms with van der Waals surface area (Å²) in [4.78, 5) is 14.7. The summed E-state index contributed by atoms with van der Waals surface area (Å²) in [5.41, 5.74) is 2.56. The normalized spacial score (nSPS) is 10.5. The lowest BCUT2D eigenvalue weighted by Gasteiger charge is -2.07. The Hall–Kier alpha value is -1.81. The molecule has 5 heteroatoms. The van der Waals surface area contributed by atoms with Gasteiger partial charge in [0.1, 0.15) is 5.15 Å². The number of nitrogens with zero attached hydrogens (tertiary/aromatic N) is 1. The second-order valence-corrected chi connectivity index (χ2v) is 4.10. The van der Waals surface area contributed by atoms with Gasteiger partial charge in [-0.15, -0.1) is 0 Å². The van der Waals surface area contributed by atoms with Crippen molar-refractivity contribution in [2.75, 3.05) is 0 Å². The second kappa shape index (κ2) is 4.59. The second-order valence-electron chi connectivity index (χ2n) is 3.74. The Morgan fingerprint density at radius 2 is 2.29 bits per heavy atom.